The third-order valence-electron chi connectivity index (χ3n) is 5.49. The van der Waals surface area contributed by atoms with Crippen LogP contribution in [0.2, 0.25) is 0 Å². The molecule has 0 fully saturated rings. The zero-order valence-electron chi connectivity index (χ0n) is 24.0. The normalized spacial score (nSPS) is 11.8. The number of rotatable bonds is 6. The average Bonchev–Trinajstić information content (AvgIpc) is 3.24. The van der Waals surface area contributed by atoms with Gasteiger partial charge in [-0.2, -0.15) is 4.90 Å². The fourth-order valence-electron chi connectivity index (χ4n) is 3.89. The summed E-state index contributed by atoms with van der Waals surface area (Å²) in [5.41, 5.74) is 2.44. The number of ether oxygens (including phenoxy) is 3. The fourth-order valence-corrected chi connectivity index (χ4v) is 3.89. The maximum Gasteiger partial charge on any atom is 0.425 e. The van der Waals surface area contributed by atoms with Gasteiger partial charge in [0.1, 0.15) is 29.1 Å². The van der Waals surface area contributed by atoms with Crippen LogP contribution in [0.25, 0.3) is 11.0 Å². The minimum Gasteiger partial charge on any atom is -0.489 e. The molecule has 0 unspecified atom stereocenters. The lowest BCUT2D eigenvalue weighted by Gasteiger charge is -2.28. The molecule has 10 heteroatoms. The summed E-state index contributed by atoms with van der Waals surface area (Å²) in [4.78, 5) is 31.3. The molecule has 0 bridgehead atoms. The molecule has 2 amide bonds. The second-order valence-corrected chi connectivity index (χ2v) is 11.4. The van der Waals surface area contributed by atoms with E-state index in [4.69, 9.17) is 14.2 Å². The van der Waals surface area contributed by atoms with Gasteiger partial charge < -0.3 is 14.2 Å². The van der Waals surface area contributed by atoms with E-state index in [1.807, 2.05) is 53.2 Å². The molecule has 0 saturated heterocycles. The van der Waals surface area contributed by atoms with Gasteiger partial charge in [0, 0.05) is 23.4 Å². The molecule has 10 nitrogen and oxygen atoms in total. The van der Waals surface area contributed by atoms with E-state index >= 15 is 0 Å². The van der Waals surface area contributed by atoms with E-state index in [0.717, 1.165) is 27.1 Å². The van der Waals surface area contributed by atoms with Crippen molar-refractivity contribution < 1.29 is 23.8 Å². The largest absolute Gasteiger partial charge is 0.489 e. The van der Waals surface area contributed by atoms with Crippen molar-refractivity contribution in [2.45, 2.75) is 72.8 Å². The first kappa shape index (κ1) is 28.5. The van der Waals surface area contributed by atoms with Crippen molar-refractivity contribution >= 4 is 29.0 Å². The van der Waals surface area contributed by atoms with Gasteiger partial charge >= 0.3 is 12.2 Å². The predicted octanol–water partition coefficient (Wildman–Crippen LogP) is 6.44. The lowest BCUT2D eigenvalue weighted by molar-refractivity contribution is 0.0429. The molecule has 4 rings (SSSR count). The lowest BCUT2D eigenvalue weighted by atomic mass is 10.2. The van der Waals surface area contributed by atoms with Gasteiger partial charge in [0.2, 0.25) is 0 Å². The summed E-state index contributed by atoms with van der Waals surface area (Å²) in [6, 6.07) is 19.1. The molecule has 2 aromatic heterocycles. The van der Waals surface area contributed by atoms with E-state index in [9.17, 15) is 9.59 Å². The van der Waals surface area contributed by atoms with Crippen LogP contribution < -0.4 is 9.64 Å². The molecule has 0 aliphatic rings. The van der Waals surface area contributed by atoms with Gasteiger partial charge in [0.25, 0.3) is 0 Å². The Labute approximate surface area is 233 Å². The van der Waals surface area contributed by atoms with Crippen LogP contribution in [0.15, 0.2) is 60.7 Å². The van der Waals surface area contributed by atoms with Gasteiger partial charge in [-0.3, -0.25) is 0 Å². The van der Waals surface area contributed by atoms with E-state index in [0.29, 0.717) is 18.0 Å². The van der Waals surface area contributed by atoms with E-state index in [1.54, 1.807) is 54.5 Å². The molecular weight excluding hydrogens is 510 g/mol. The first-order valence-corrected chi connectivity index (χ1v) is 13.0. The maximum absolute atomic E-state index is 13.1. The average molecular weight is 546 g/mol. The summed E-state index contributed by atoms with van der Waals surface area (Å²) in [5.74, 6) is 0.443. The number of benzene rings is 2. The second-order valence-electron chi connectivity index (χ2n) is 11.4. The zero-order valence-corrected chi connectivity index (χ0v) is 24.0. The van der Waals surface area contributed by atoms with Crippen LogP contribution in [-0.4, -0.2) is 43.4 Å². The molecule has 2 heterocycles. The van der Waals surface area contributed by atoms with Crippen molar-refractivity contribution in [2.24, 2.45) is 0 Å². The van der Waals surface area contributed by atoms with Crippen LogP contribution in [0.5, 0.6) is 5.75 Å². The van der Waals surface area contributed by atoms with Gasteiger partial charge in [-0.05, 0) is 60.1 Å². The number of hydrogen-bond acceptors (Lipinski definition) is 8. The van der Waals surface area contributed by atoms with Gasteiger partial charge in [-0.15, -0.1) is 5.10 Å². The summed E-state index contributed by atoms with van der Waals surface area (Å²) < 4.78 is 18.9. The smallest absolute Gasteiger partial charge is 0.425 e. The number of fused-ring (bicyclic) bond motifs is 1. The third kappa shape index (κ3) is 7.34. The highest BCUT2D eigenvalue weighted by molar-refractivity contribution is 6.08. The second kappa shape index (κ2) is 11.3. The quantitative estimate of drug-likeness (QED) is 0.272. The van der Waals surface area contributed by atoms with Gasteiger partial charge in [-0.1, -0.05) is 47.7 Å². The summed E-state index contributed by atoms with van der Waals surface area (Å²) in [5, 5.41) is 8.74. The molecule has 4 aromatic rings. The van der Waals surface area contributed by atoms with Crippen LogP contribution in [0, 0.1) is 6.92 Å². The fraction of sp³-hybridized carbons (Fsp3) is 0.367. The van der Waals surface area contributed by atoms with Crippen molar-refractivity contribution in [3.8, 4) is 5.75 Å². The highest BCUT2D eigenvalue weighted by atomic mass is 16.6. The molecule has 0 spiro atoms. The van der Waals surface area contributed by atoms with E-state index < -0.39 is 23.4 Å². The van der Waals surface area contributed by atoms with Gasteiger partial charge in [0.15, 0.2) is 5.82 Å². The Bertz CT molecular complexity index is 1470. The molecule has 0 aliphatic carbocycles. The Balaban J connectivity index is 1.59. The molecule has 0 radical (unpaired) electrons. The van der Waals surface area contributed by atoms with Crippen LogP contribution in [0.4, 0.5) is 15.4 Å². The predicted molar refractivity (Wildman–Crippen MR) is 151 cm³/mol. The standard InChI is InChI=1S/C30H35N5O5/c1-20-16-23(17-25(31-20)35(27(36)39-29(2,3)4)28(37)40-30(5,6)7)38-19-22-14-11-15-24-26(22)32-33-34(24)18-21-12-9-8-10-13-21/h8-17H,18-19H2,1-7H3. The number of carbonyl (C=O) groups is 2. The van der Waals surface area contributed by atoms with Crippen LogP contribution in [0.1, 0.15) is 58.4 Å². The number of imide groups is 1. The Hall–Kier alpha value is -4.47. The van der Waals surface area contributed by atoms with Crippen molar-refractivity contribution in [1.29, 1.82) is 0 Å². The number of nitrogens with zero attached hydrogens (tertiary/aromatic N) is 5. The van der Waals surface area contributed by atoms with Crippen molar-refractivity contribution in [2.75, 3.05) is 4.90 Å². The Morgan fingerprint density at radius 1 is 0.875 bits per heavy atom. The maximum atomic E-state index is 13.1. The molecule has 40 heavy (non-hydrogen) atoms. The van der Waals surface area contributed by atoms with E-state index in [2.05, 4.69) is 15.3 Å². The molecule has 210 valence electrons. The lowest BCUT2D eigenvalue weighted by Crippen LogP contribution is -2.44. The number of aryl methyl sites for hydroxylation is 1. The highest BCUT2D eigenvalue weighted by Crippen LogP contribution is 2.26. The Kier molecular flexibility index (Phi) is 8.08. The van der Waals surface area contributed by atoms with Crippen molar-refractivity contribution in [3.63, 3.8) is 0 Å². The topological polar surface area (TPSA) is 109 Å². The number of anilines is 1. The monoisotopic (exact) mass is 545 g/mol. The zero-order chi connectivity index (χ0) is 29.1. The molecular formula is C30H35N5O5. The summed E-state index contributed by atoms with van der Waals surface area (Å²) >= 11 is 0. The van der Waals surface area contributed by atoms with Crippen molar-refractivity contribution in [3.05, 3.63) is 77.5 Å². The number of pyridine rings is 1. The number of hydrogen-bond donors (Lipinski definition) is 0. The highest BCUT2D eigenvalue weighted by Gasteiger charge is 2.34. The molecule has 2 aromatic carbocycles. The minimum atomic E-state index is -0.898. The molecule has 0 atom stereocenters. The number of carbonyl (C=O) groups excluding carboxylic acids is 2. The Morgan fingerprint density at radius 3 is 2.15 bits per heavy atom. The first-order chi connectivity index (χ1) is 18.8. The molecule has 0 aliphatic heterocycles. The SMILES string of the molecule is Cc1cc(OCc2cccc3c2nnn3Cc2ccccc2)cc(N(C(=O)OC(C)(C)C)C(=O)OC(C)(C)C)n1. The van der Waals surface area contributed by atoms with Crippen LogP contribution in [0.3, 0.4) is 0 Å². The summed E-state index contributed by atoms with van der Waals surface area (Å²) in [6.07, 6.45) is -1.80. The molecule has 0 N–H and O–H groups in total. The van der Waals surface area contributed by atoms with E-state index in [-0.39, 0.29) is 12.4 Å². The first-order valence-electron chi connectivity index (χ1n) is 13.0. The Morgan fingerprint density at radius 2 is 1.52 bits per heavy atom. The minimum absolute atomic E-state index is 0.0329. The van der Waals surface area contributed by atoms with Crippen LogP contribution in [-0.2, 0) is 22.6 Å². The summed E-state index contributed by atoms with van der Waals surface area (Å²) in [7, 11) is 0. The van der Waals surface area contributed by atoms with E-state index in [1.165, 1.54) is 6.07 Å². The summed E-state index contributed by atoms with van der Waals surface area (Å²) in [6.45, 7) is 12.8. The van der Waals surface area contributed by atoms with Crippen LogP contribution >= 0.6 is 0 Å². The van der Waals surface area contributed by atoms with Gasteiger partial charge in [-0.25, -0.2) is 19.3 Å². The van der Waals surface area contributed by atoms with Gasteiger partial charge in [0.05, 0.1) is 12.1 Å². The number of amides is 2. The number of aromatic nitrogens is 4. The molecule has 0 saturated carbocycles. The third-order valence-corrected chi connectivity index (χ3v) is 5.49. The van der Waals surface area contributed by atoms with Crippen molar-refractivity contribution in [1.82, 2.24) is 20.0 Å².